The lowest BCUT2D eigenvalue weighted by molar-refractivity contribution is -0.117. The van der Waals surface area contributed by atoms with Crippen LogP contribution in [0.4, 0.5) is 5.69 Å². The fourth-order valence-electron chi connectivity index (χ4n) is 1.97. The molecule has 0 aliphatic rings. The first-order valence-electron chi connectivity index (χ1n) is 6.88. The molecule has 0 saturated carbocycles. The van der Waals surface area contributed by atoms with Crippen LogP contribution in [0.25, 0.3) is 5.69 Å². The number of aromatic nitrogens is 2. The number of hydrogen-bond acceptors (Lipinski definition) is 3. The number of anilines is 1. The largest absolute Gasteiger partial charge is 0.323 e. The third-order valence-corrected chi connectivity index (χ3v) is 3.12. The third kappa shape index (κ3) is 3.45. The van der Waals surface area contributed by atoms with Gasteiger partial charge in [-0.3, -0.25) is 4.79 Å². The van der Waals surface area contributed by atoms with Crippen molar-refractivity contribution in [3.63, 3.8) is 0 Å². The van der Waals surface area contributed by atoms with E-state index >= 15 is 0 Å². The van der Waals surface area contributed by atoms with Crippen LogP contribution < -0.4 is 11.1 Å². The van der Waals surface area contributed by atoms with Gasteiger partial charge in [0.05, 0.1) is 17.4 Å². The average Bonchev–Trinajstić information content (AvgIpc) is 2.99. The van der Waals surface area contributed by atoms with Crippen LogP contribution in [0.15, 0.2) is 42.7 Å². The van der Waals surface area contributed by atoms with Crippen molar-refractivity contribution < 1.29 is 4.79 Å². The highest BCUT2D eigenvalue weighted by atomic mass is 16.2. The van der Waals surface area contributed by atoms with Crippen molar-refractivity contribution in [2.45, 2.75) is 32.2 Å². The van der Waals surface area contributed by atoms with Gasteiger partial charge >= 0.3 is 0 Å². The van der Waals surface area contributed by atoms with Crippen LogP contribution in [0, 0.1) is 0 Å². The lowest BCUT2D eigenvalue weighted by Crippen LogP contribution is -2.35. The summed E-state index contributed by atoms with van der Waals surface area (Å²) < 4.78 is 1.72. The summed E-state index contributed by atoms with van der Waals surface area (Å²) in [4.78, 5) is 12.1. The lowest BCUT2D eigenvalue weighted by Gasteiger charge is -2.14. The number of amides is 1. The molecule has 2 aromatic rings. The second kappa shape index (κ2) is 6.86. The Bertz CT molecular complexity index is 551. The number of unbranched alkanes of at least 4 members (excludes halogenated alkanes) is 1. The molecule has 1 heterocycles. The highest BCUT2D eigenvalue weighted by Gasteiger charge is 2.14. The van der Waals surface area contributed by atoms with Crippen molar-refractivity contribution in [1.29, 1.82) is 0 Å². The molecule has 5 heteroatoms. The number of benzene rings is 1. The van der Waals surface area contributed by atoms with Crippen molar-refractivity contribution in [3.8, 4) is 5.69 Å². The molecule has 1 amide bonds. The van der Waals surface area contributed by atoms with Gasteiger partial charge in [-0.15, -0.1) is 0 Å². The van der Waals surface area contributed by atoms with Crippen molar-refractivity contribution in [1.82, 2.24) is 9.78 Å². The van der Waals surface area contributed by atoms with Crippen LogP contribution in [-0.4, -0.2) is 21.7 Å². The van der Waals surface area contributed by atoms with Crippen molar-refractivity contribution in [2.75, 3.05) is 5.32 Å². The zero-order valence-corrected chi connectivity index (χ0v) is 11.6. The average molecular weight is 272 g/mol. The maximum Gasteiger partial charge on any atom is 0.241 e. The predicted molar refractivity (Wildman–Crippen MR) is 79.7 cm³/mol. The Hall–Kier alpha value is -2.14. The van der Waals surface area contributed by atoms with Crippen LogP contribution in [0.1, 0.15) is 26.2 Å². The van der Waals surface area contributed by atoms with E-state index in [4.69, 9.17) is 5.73 Å². The summed E-state index contributed by atoms with van der Waals surface area (Å²) in [6.07, 6.45) is 6.22. The summed E-state index contributed by atoms with van der Waals surface area (Å²) >= 11 is 0. The molecule has 0 bridgehead atoms. The van der Waals surface area contributed by atoms with Crippen molar-refractivity contribution in [3.05, 3.63) is 42.7 Å². The smallest absolute Gasteiger partial charge is 0.241 e. The van der Waals surface area contributed by atoms with E-state index in [0.717, 1.165) is 18.5 Å². The Morgan fingerprint density at radius 1 is 1.40 bits per heavy atom. The zero-order chi connectivity index (χ0) is 14.4. The highest BCUT2D eigenvalue weighted by molar-refractivity contribution is 5.96. The molecule has 1 atom stereocenters. The molecule has 2 rings (SSSR count). The number of hydrogen-bond donors (Lipinski definition) is 2. The number of nitrogens with one attached hydrogen (secondary N) is 1. The maximum atomic E-state index is 12.1. The molecule has 0 saturated heterocycles. The summed E-state index contributed by atoms with van der Waals surface area (Å²) in [7, 11) is 0. The van der Waals surface area contributed by atoms with Crippen molar-refractivity contribution in [2.24, 2.45) is 5.73 Å². The Morgan fingerprint density at radius 3 is 2.90 bits per heavy atom. The minimum atomic E-state index is -0.472. The van der Waals surface area contributed by atoms with Crippen LogP contribution in [0.5, 0.6) is 0 Å². The van der Waals surface area contributed by atoms with E-state index in [2.05, 4.69) is 17.3 Å². The molecule has 0 aliphatic heterocycles. The van der Waals surface area contributed by atoms with Gasteiger partial charge in [-0.1, -0.05) is 31.9 Å². The van der Waals surface area contributed by atoms with Crippen LogP contribution in [0.3, 0.4) is 0 Å². The molecule has 0 spiro atoms. The van der Waals surface area contributed by atoms with Crippen molar-refractivity contribution >= 4 is 11.6 Å². The van der Waals surface area contributed by atoms with E-state index in [0.29, 0.717) is 12.1 Å². The van der Waals surface area contributed by atoms with Gasteiger partial charge in [-0.25, -0.2) is 4.68 Å². The summed E-state index contributed by atoms with van der Waals surface area (Å²) in [5.74, 6) is -0.155. The summed E-state index contributed by atoms with van der Waals surface area (Å²) in [6.45, 7) is 2.08. The second-order valence-electron chi connectivity index (χ2n) is 4.71. The van der Waals surface area contributed by atoms with Gasteiger partial charge in [0.2, 0.25) is 5.91 Å². The van der Waals surface area contributed by atoms with Crippen LogP contribution in [0.2, 0.25) is 0 Å². The molecule has 20 heavy (non-hydrogen) atoms. The molecule has 3 N–H and O–H groups in total. The standard InChI is InChI=1S/C15H20N4O/c1-2-3-7-12(16)15(20)18-13-8-4-5-9-14(13)19-11-6-10-17-19/h4-6,8-12H,2-3,7,16H2,1H3,(H,18,20). The molecule has 0 fully saturated rings. The number of carbonyl (C=O) groups excluding carboxylic acids is 1. The molecule has 0 aliphatic carbocycles. The van der Waals surface area contributed by atoms with Crippen LogP contribution in [-0.2, 0) is 4.79 Å². The third-order valence-electron chi connectivity index (χ3n) is 3.12. The van der Waals surface area contributed by atoms with Gasteiger partial charge in [0, 0.05) is 12.4 Å². The number of para-hydroxylation sites is 2. The lowest BCUT2D eigenvalue weighted by atomic mass is 10.1. The summed E-state index contributed by atoms with van der Waals surface area (Å²) in [5.41, 5.74) is 7.43. The normalized spacial score (nSPS) is 12.1. The summed E-state index contributed by atoms with van der Waals surface area (Å²) in [6, 6.07) is 8.90. The first-order valence-corrected chi connectivity index (χ1v) is 6.88. The van der Waals surface area contributed by atoms with E-state index in [1.807, 2.05) is 36.5 Å². The Labute approximate surface area is 118 Å². The predicted octanol–water partition coefficient (Wildman–Crippen LogP) is 2.33. The Morgan fingerprint density at radius 2 is 2.20 bits per heavy atom. The number of rotatable bonds is 6. The molecular formula is C15H20N4O. The topological polar surface area (TPSA) is 72.9 Å². The molecular weight excluding hydrogens is 252 g/mol. The SMILES string of the molecule is CCCCC(N)C(=O)Nc1ccccc1-n1cccn1. The molecule has 1 unspecified atom stereocenters. The van der Waals surface area contributed by atoms with Gasteiger partial charge < -0.3 is 11.1 Å². The minimum Gasteiger partial charge on any atom is -0.323 e. The molecule has 5 nitrogen and oxygen atoms in total. The Balaban J connectivity index is 2.12. The van der Waals surface area contributed by atoms with E-state index in [9.17, 15) is 4.79 Å². The van der Waals surface area contributed by atoms with Gasteiger partial charge in [0.1, 0.15) is 0 Å². The second-order valence-corrected chi connectivity index (χ2v) is 4.71. The maximum absolute atomic E-state index is 12.1. The number of nitrogens with two attached hydrogens (primary N) is 1. The fraction of sp³-hybridized carbons (Fsp3) is 0.333. The van der Waals surface area contributed by atoms with Gasteiger partial charge in [0.15, 0.2) is 0 Å². The van der Waals surface area contributed by atoms with E-state index in [1.54, 1.807) is 10.9 Å². The molecule has 106 valence electrons. The number of carbonyl (C=O) groups is 1. The fourth-order valence-corrected chi connectivity index (χ4v) is 1.97. The van der Waals surface area contributed by atoms with Gasteiger partial charge in [-0.2, -0.15) is 5.10 Å². The minimum absolute atomic E-state index is 0.155. The van der Waals surface area contributed by atoms with E-state index < -0.39 is 6.04 Å². The first-order chi connectivity index (χ1) is 9.72. The molecule has 0 radical (unpaired) electrons. The van der Waals surface area contributed by atoms with Gasteiger partial charge in [-0.05, 0) is 24.6 Å². The monoisotopic (exact) mass is 272 g/mol. The zero-order valence-electron chi connectivity index (χ0n) is 11.6. The van der Waals surface area contributed by atoms with E-state index in [-0.39, 0.29) is 5.91 Å². The van der Waals surface area contributed by atoms with Crippen LogP contribution >= 0.6 is 0 Å². The quantitative estimate of drug-likeness (QED) is 0.847. The highest BCUT2D eigenvalue weighted by Crippen LogP contribution is 2.19. The molecule has 1 aromatic heterocycles. The number of nitrogens with zero attached hydrogens (tertiary/aromatic N) is 2. The van der Waals surface area contributed by atoms with E-state index in [1.165, 1.54) is 0 Å². The van der Waals surface area contributed by atoms with Gasteiger partial charge in [0.25, 0.3) is 0 Å². The molecule has 1 aromatic carbocycles. The Kier molecular flexibility index (Phi) is 4.90. The summed E-state index contributed by atoms with van der Waals surface area (Å²) in [5, 5.41) is 7.07. The first kappa shape index (κ1) is 14.3.